The van der Waals surface area contributed by atoms with Gasteiger partial charge in [-0.1, -0.05) is 60.7 Å². The lowest BCUT2D eigenvalue weighted by Crippen LogP contribution is -2.63. The molecule has 2 unspecified atom stereocenters. The zero-order valence-electron chi connectivity index (χ0n) is 23.7. The Morgan fingerprint density at radius 2 is 1.02 bits per heavy atom. The molecule has 1 N–H and O–H groups in total. The molecule has 1 aliphatic rings. The van der Waals surface area contributed by atoms with E-state index in [0.717, 1.165) is 78.7 Å². The van der Waals surface area contributed by atoms with Crippen LogP contribution in [0.3, 0.4) is 0 Å². The number of hydrogen-bond acceptors (Lipinski definition) is 4. The summed E-state index contributed by atoms with van der Waals surface area (Å²) in [4.78, 5) is 2.34. The number of nitrogens with zero attached hydrogens (tertiary/aromatic N) is 1. The molecule has 1 aliphatic carbocycles. The molecule has 1 saturated carbocycles. The molecule has 0 radical (unpaired) electrons. The highest BCUT2D eigenvalue weighted by molar-refractivity contribution is 6.07. The van der Waals surface area contributed by atoms with Crippen LogP contribution in [0.4, 0.5) is 11.4 Å². The lowest BCUT2D eigenvalue weighted by Gasteiger charge is -2.62. The van der Waals surface area contributed by atoms with Gasteiger partial charge in [-0.3, -0.25) is 0 Å². The third-order valence-corrected chi connectivity index (χ3v) is 9.32. The average molecular weight is 539 g/mol. The van der Waals surface area contributed by atoms with Crippen LogP contribution in [-0.4, -0.2) is 32.3 Å². The average Bonchev–Trinajstić information content (AvgIpc) is 3.01. The fourth-order valence-corrected chi connectivity index (χ4v) is 7.12. The van der Waals surface area contributed by atoms with Crippen molar-refractivity contribution in [2.75, 3.05) is 30.4 Å². The Morgan fingerprint density at radius 1 is 0.585 bits per heavy atom. The number of nitrogens with one attached hydrogen (secondary N) is 1. The van der Waals surface area contributed by atoms with E-state index in [2.05, 4.69) is 90.8 Å². The first-order valence-corrected chi connectivity index (χ1v) is 14.7. The molecule has 0 bridgehead atoms. The number of rotatable bonds is 6. The summed E-state index contributed by atoms with van der Waals surface area (Å²) in [5, 5.41) is 40.3. The zero-order valence-corrected chi connectivity index (χ0v) is 23.7. The molecule has 0 aliphatic heterocycles. The number of hydrogen-bond donors (Lipinski definition) is 1. The van der Waals surface area contributed by atoms with Gasteiger partial charge in [0, 0.05) is 42.3 Å². The molecule has 0 saturated heterocycles. The van der Waals surface area contributed by atoms with Crippen molar-refractivity contribution in [3.63, 3.8) is 0 Å². The predicted molar refractivity (Wildman–Crippen MR) is 169 cm³/mol. The van der Waals surface area contributed by atoms with Gasteiger partial charge in [0.2, 0.25) is 0 Å². The lowest BCUT2D eigenvalue weighted by atomic mass is 9.62. The van der Waals surface area contributed by atoms with Gasteiger partial charge in [-0.05, 0) is 106 Å². The van der Waals surface area contributed by atoms with Gasteiger partial charge in [-0.2, -0.15) is 0 Å². The fourth-order valence-electron chi connectivity index (χ4n) is 7.12. The first-order valence-electron chi connectivity index (χ1n) is 14.7. The lowest BCUT2D eigenvalue weighted by molar-refractivity contribution is -0.535. The van der Waals surface area contributed by atoms with Crippen LogP contribution in [0.1, 0.15) is 36.8 Å². The molecule has 41 heavy (non-hydrogen) atoms. The van der Waals surface area contributed by atoms with Gasteiger partial charge >= 0.3 is 0 Å². The standard InChI is InChI=1S/C37H34N2O2/c1-4-39(5-2)33-17-15-27(29-19-23-11-7-9-13-25(23)21-31(29)33)35-36(40)34(37(35)41)26-14-16-32(38-3)30-20-24-12-8-6-10-22(24)18-28(26)30/h6-21,34-38H,4-5H2,1-3H3/q-2. The third kappa shape index (κ3) is 3.97. The van der Waals surface area contributed by atoms with Gasteiger partial charge < -0.3 is 20.4 Å². The van der Waals surface area contributed by atoms with Crippen LogP contribution >= 0.6 is 0 Å². The van der Waals surface area contributed by atoms with Gasteiger partial charge in [-0.15, -0.1) is 12.2 Å². The van der Waals surface area contributed by atoms with Crippen molar-refractivity contribution in [2.24, 2.45) is 0 Å². The van der Waals surface area contributed by atoms with E-state index in [1.54, 1.807) is 0 Å². The van der Waals surface area contributed by atoms with Crippen LogP contribution in [0, 0.1) is 0 Å². The van der Waals surface area contributed by atoms with Crippen LogP contribution in [0.25, 0.3) is 43.1 Å². The molecule has 4 nitrogen and oxygen atoms in total. The molecule has 7 rings (SSSR count). The van der Waals surface area contributed by atoms with E-state index in [4.69, 9.17) is 0 Å². The van der Waals surface area contributed by atoms with Crippen LogP contribution in [-0.2, 0) is 0 Å². The highest BCUT2D eigenvalue weighted by Crippen LogP contribution is 2.50. The number of fused-ring (bicyclic) bond motifs is 4. The summed E-state index contributed by atoms with van der Waals surface area (Å²) >= 11 is 0. The molecular weight excluding hydrogens is 504 g/mol. The maximum Gasteiger partial charge on any atom is 0.0446 e. The minimum Gasteiger partial charge on any atom is -0.851 e. The van der Waals surface area contributed by atoms with E-state index in [1.807, 2.05) is 37.4 Å². The number of benzene rings is 6. The van der Waals surface area contributed by atoms with Crippen molar-refractivity contribution in [3.8, 4) is 0 Å². The van der Waals surface area contributed by atoms with Crippen molar-refractivity contribution in [1.82, 2.24) is 0 Å². The molecule has 6 aromatic rings. The van der Waals surface area contributed by atoms with Crippen molar-refractivity contribution < 1.29 is 10.2 Å². The number of anilines is 2. The summed E-state index contributed by atoms with van der Waals surface area (Å²) < 4.78 is 0. The van der Waals surface area contributed by atoms with Gasteiger partial charge in [0.1, 0.15) is 0 Å². The predicted octanol–water partition coefficient (Wildman–Crippen LogP) is 6.53. The Hall–Kier alpha value is -4.12. The largest absolute Gasteiger partial charge is 0.851 e. The quantitative estimate of drug-likeness (QED) is 0.245. The van der Waals surface area contributed by atoms with Crippen LogP contribution in [0.5, 0.6) is 0 Å². The molecular formula is C37H34N2O2-2. The van der Waals surface area contributed by atoms with Crippen molar-refractivity contribution in [2.45, 2.75) is 37.9 Å². The van der Waals surface area contributed by atoms with E-state index in [-0.39, 0.29) is 0 Å². The minimum absolute atomic E-state index is 0.589. The zero-order chi connectivity index (χ0) is 28.2. The van der Waals surface area contributed by atoms with Crippen molar-refractivity contribution in [3.05, 3.63) is 108 Å². The minimum atomic E-state index is -1.01. The maximum absolute atomic E-state index is 14.1. The molecule has 2 atom stereocenters. The topological polar surface area (TPSA) is 61.4 Å². The Bertz CT molecular complexity index is 1920. The molecule has 0 heterocycles. The molecule has 206 valence electrons. The Kier molecular flexibility index (Phi) is 6.33. The SMILES string of the molecule is CCN(CC)c1ccc(C2C([O-])C(c3ccc(NC)c4cc5ccccc5cc34)C2[O-])c2cc3ccccc3cc12. The summed E-state index contributed by atoms with van der Waals surface area (Å²) in [5.41, 5.74) is 3.91. The van der Waals surface area contributed by atoms with E-state index in [1.165, 1.54) is 0 Å². The first kappa shape index (κ1) is 25.8. The first-order chi connectivity index (χ1) is 20.0. The van der Waals surface area contributed by atoms with Gasteiger partial charge in [0.15, 0.2) is 0 Å². The van der Waals surface area contributed by atoms with Crippen molar-refractivity contribution >= 4 is 54.5 Å². The van der Waals surface area contributed by atoms with E-state index in [0.29, 0.717) is 0 Å². The smallest absolute Gasteiger partial charge is 0.0446 e. The molecule has 6 aromatic carbocycles. The second-order valence-electron chi connectivity index (χ2n) is 11.3. The summed E-state index contributed by atoms with van der Waals surface area (Å²) in [5.74, 6) is -1.18. The third-order valence-electron chi connectivity index (χ3n) is 9.32. The molecule has 0 spiro atoms. The van der Waals surface area contributed by atoms with Gasteiger partial charge in [0.25, 0.3) is 0 Å². The van der Waals surface area contributed by atoms with Crippen LogP contribution in [0.15, 0.2) is 97.1 Å². The van der Waals surface area contributed by atoms with Crippen molar-refractivity contribution in [1.29, 1.82) is 0 Å². The van der Waals surface area contributed by atoms with E-state index >= 15 is 0 Å². The Labute approximate surface area is 240 Å². The Balaban J connectivity index is 1.36. The Morgan fingerprint density at radius 3 is 1.51 bits per heavy atom. The molecule has 0 amide bonds. The fraction of sp³-hybridized carbons (Fsp3) is 0.243. The maximum atomic E-state index is 14.1. The summed E-state index contributed by atoms with van der Waals surface area (Å²) in [7, 11) is 1.91. The summed E-state index contributed by atoms with van der Waals surface area (Å²) in [6.45, 7) is 6.11. The normalized spacial score (nSPS) is 20.5. The highest BCUT2D eigenvalue weighted by atomic mass is 16.3. The summed E-state index contributed by atoms with van der Waals surface area (Å²) in [6.07, 6.45) is -2.02. The van der Waals surface area contributed by atoms with E-state index < -0.39 is 24.0 Å². The monoisotopic (exact) mass is 538 g/mol. The molecule has 4 heteroatoms. The van der Waals surface area contributed by atoms with Crippen LogP contribution in [0.2, 0.25) is 0 Å². The second-order valence-corrected chi connectivity index (χ2v) is 11.3. The second kappa shape index (κ2) is 10.1. The van der Waals surface area contributed by atoms with Gasteiger partial charge in [-0.25, -0.2) is 0 Å². The van der Waals surface area contributed by atoms with Gasteiger partial charge in [0.05, 0.1) is 0 Å². The summed E-state index contributed by atoms with van der Waals surface area (Å²) in [6, 6.07) is 33.5. The molecule has 0 aromatic heterocycles. The van der Waals surface area contributed by atoms with E-state index in [9.17, 15) is 10.2 Å². The molecule has 1 fully saturated rings. The highest BCUT2D eigenvalue weighted by Gasteiger charge is 2.40. The van der Waals surface area contributed by atoms with Crippen LogP contribution < -0.4 is 20.4 Å².